The Morgan fingerprint density at radius 1 is 0.281 bits per heavy atom. The molecule has 0 aliphatic heterocycles. The first kappa shape index (κ1) is 93.6. The van der Waals surface area contributed by atoms with E-state index in [1.54, 1.807) is 45.3 Å². The van der Waals surface area contributed by atoms with Crippen molar-refractivity contribution in [1.82, 2.24) is 34.9 Å². The maximum atomic E-state index is 6.36. The Hall–Kier alpha value is -9.03. The lowest BCUT2D eigenvalue weighted by atomic mass is 10.0. The molecule has 128 heavy (non-hydrogen) atoms. The van der Waals surface area contributed by atoms with Crippen molar-refractivity contribution in [1.29, 1.82) is 0 Å². The van der Waals surface area contributed by atoms with Gasteiger partial charge in [0.1, 0.15) is 58.7 Å². The molecule has 0 aliphatic carbocycles. The average Bonchev–Trinajstić information content (AvgIpc) is 1.56. The summed E-state index contributed by atoms with van der Waals surface area (Å²) < 4.78 is 48.7. The quantitative estimate of drug-likeness (QED) is 0.0387. The molecular formula is C107H125N7O6S8. The fourth-order valence-corrected chi connectivity index (χ4v) is 27.0. The van der Waals surface area contributed by atoms with Crippen LogP contribution in [0.25, 0.3) is 143 Å². The minimum atomic E-state index is 0.745. The van der Waals surface area contributed by atoms with Gasteiger partial charge in [-0.2, -0.15) is 0 Å². The number of furan rings is 2. The summed E-state index contributed by atoms with van der Waals surface area (Å²) in [7, 11) is 0. The molecule has 0 unspecified atom stereocenters. The molecule has 20 rings (SSSR count). The Balaban J connectivity index is 0.000000123. The molecule has 17 heterocycles. The Morgan fingerprint density at radius 3 is 1.00 bits per heavy atom. The van der Waals surface area contributed by atoms with Crippen LogP contribution in [-0.4, -0.2) is 61.3 Å². The minimum absolute atomic E-state index is 0.745. The molecule has 21 heteroatoms. The van der Waals surface area contributed by atoms with Gasteiger partial charge in [0.05, 0.1) is 81.8 Å². The summed E-state index contributed by atoms with van der Waals surface area (Å²) in [6.07, 6.45) is 30.4. The average molecular weight is 1860 g/mol. The fourth-order valence-electron chi connectivity index (χ4n) is 17.2. The molecule has 17 aromatic heterocycles. The van der Waals surface area contributed by atoms with Crippen LogP contribution >= 0.6 is 90.7 Å². The third-order valence-electron chi connectivity index (χ3n) is 23.4. The van der Waals surface area contributed by atoms with Gasteiger partial charge in [0.25, 0.3) is 0 Å². The van der Waals surface area contributed by atoms with E-state index >= 15 is 0 Å². The van der Waals surface area contributed by atoms with E-state index in [-0.39, 0.29) is 0 Å². The lowest BCUT2D eigenvalue weighted by Crippen LogP contribution is -2.00. The van der Waals surface area contributed by atoms with Crippen LogP contribution in [0.3, 0.4) is 0 Å². The van der Waals surface area contributed by atoms with Crippen LogP contribution in [0.4, 0.5) is 0 Å². The summed E-state index contributed by atoms with van der Waals surface area (Å²) in [4.78, 5) is 39.0. The molecular weight excluding hydrogens is 1740 g/mol. The Labute approximate surface area is 785 Å². The first-order valence-corrected chi connectivity index (χ1v) is 53.2. The topological polar surface area (TPSA) is 159 Å². The third-order valence-corrected chi connectivity index (χ3v) is 32.1. The SMILES string of the molecule is CCCCCCCCOc1cc(C)cc2sc3nc(C)cc(OCCCCCCCC)c3c12.CCCCCCCCOc1cc(C)nc2sc3nc(C)cc(OCCCCCCCC)c3c12.Cc1cc2sc3cc(C)[nH]c3c2[nH]1.Cc1cc2sc3cc(C)oc3c2o1.Cc1cc2sc3cc(C)sc3c2s1.Cc1nc2sc3nc(C)c4ccccc4c3c2c2ccccc12. The maximum Gasteiger partial charge on any atom is 0.188 e. The lowest BCUT2D eigenvalue weighted by Gasteiger charge is -2.12. The molecule has 3 aromatic carbocycles. The van der Waals surface area contributed by atoms with Crippen molar-refractivity contribution < 1.29 is 27.8 Å². The predicted molar refractivity (Wildman–Crippen MR) is 561 cm³/mol. The number of nitrogens with one attached hydrogen (secondary N) is 2. The highest BCUT2D eigenvalue weighted by atomic mass is 32.1. The summed E-state index contributed by atoms with van der Waals surface area (Å²) in [5, 5.41) is 11.9. The molecule has 13 nitrogen and oxygen atoms in total. The fraction of sp³-hybridized carbons (Fsp3) is 0.411. The van der Waals surface area contributed by atoms with Crippen molar-refractivity contribution in [2.45, 2.75) is 265 Å². The Kier molecular flexibility index (Phi) is 32.4. The Morgan fingerprint density at radius 2 is 0.609 bits per heavy atom. The van der Waals surface area contributed by atoms with Crippen LogP contribution < -0.4 is 18.9 Å². The predicted octanol–water partition coefficient (Wildman–Crippen LogP) is 36.2. The molecule has 0 spiro atoms. The van der Waals surface area contributed by atoms with Crippen molar-refractivity contribution in [2.75, 3.05) is 26.4 Å². The highest BCUT2D eigenvalue weighted by Crippen LogP contribution is 2.49. The van der Waals surface area contributed by atoms with Crippen LogP contribution in [0.5, 0.6) is 23.0 Å². The summed E-state index contributed by atoms with van der Waals surface area (Å²) >= 11 is 14.4. The van der Waals surface area contributed by atoms with Crippen molar-refractivity contribution in [3.05, 3.63) is 182 Å². The van der Waals surface area contributed by atoms with Crippen LogP contribution in [0.1, 0.15) is 248 Å². The smallest absolute Gasteiger partial charge is 0.188 e. The standard InChI is InChI=1S/C29H43NO2S.C28H42N2O2S.C20H14N2S.C10H10N2S.C10H8O2S.C10H8S3/c1-5-7-9-11-13-15-17-31-24-19-22(3)20-26-27(24)28-25(21-23(4)30-29(28)33-26)32-18-16-14-12-10-8-6-2;1-5-7-9-11-13-15-17-31-23-19-21(3)29-27-25(23)26-24(20-22(4)30-28(26)33-27)32-18-16-14-12-10-8-6-2;1-11-13-7-3-5-9-15(13)17-18-16-10-6-4-8-14(16)12(2)22-20(18)23-19(17)21-11;3*1-5-3-7-9(11-5)10-8(13-7)4-6(2)12-10/h19-21H,5-18H2,1-4H3;19-20H,5-18H2,1-4H3;3-10H,1-2H3;3-4,11-12H,1-2H3;2*3-4H,1-2H3. The number of pyridine rings is 5. The summed E-state index contributed by atoms with van der Waals surface area (Å²) in [6.45, 7) is 37.0. The van der Waals surface area contributed by atoms with E-state index in [2.05, 4.69) is 196 Å². The van der Waals surface area contributed by atoms with Gasteiger partial charge in [-0.3, -0.25) is 0 Å². The number of nitrogens with zero attached hydrogens (tertiary/aromatic N) is 5. The van der Waals surface area contributed by atoms with Crippen molar-refractivity contribution in [3.63, 3.8) is 0 Å². The van der Waals surface area contributed by atoms with Crippen molar-refractivity contribution in [2.24, 2.45) is 0 Å². The molecule has 0 atom stereocenters. The monoisotopic (exact) mass is 1860 g/mol. The molecule has 0 aliphatic rings. The van der Waals surface area contributed by atoms with Gasteiger partial charge >= 0.3 is 0 Å². The van der Waals surface area contributed by atoms with Crippen molar-refractivity contribution >= 4 is 233 Å². The second-order valence-corrected chi connectivity index (χ2v) is 43.2. The van der Waals surface area contributed by atoms with Crippen LogP contribution in [0.15, 0.2) is 124 Å². The van der Waals surface area contributed by atoms with E-state index in [1.165, 1.54) is 246 Å². The summed E-state index contributed by atoms with van der Waals surface area (Å²) in [5.74, 6) is 5.68. The number of aromatic nitrogens is 7. The van der Waals surface area contributed by atoms with E-state index in [0.717, 1.165) is 167 Å². The van der Waals surface area contributed by atoms with Gasteiger partial charge < -0.3 is 37.7 Å². The molecule has 0 amide bonds. The third kappa shape index (κ3) is 22.4. The van der Waals surface area contributed by atoms with E-state index < -0.39 is 0 Å². The number of ether oxygens (including phenoxy) is 4. The zero-order chi connectivity index (χ0) is 89.5. The van der Waals surface area contributed by atoms with Gasteiger partial charge in [-0.05, 0) is 174 Å². The first-order chi connectivity index (χ1) is 62.2. The van der Waals surface area contributed by atoms with Crippen LogP contribution in [-0.2, 0) is 0 Å². The normalized spacial score (nSPS) is 11.7. The van der Waals surface area contributed by atoms with Crippen molar-refractivity contribution in [3.8, 4) is 23.0 Å². The molecule has 0 saturated heterocycles. The number of hydrogen-bond acceptors (Lipinski definition) is 19. The number of rotatable bonds is 32. The van der Waals surface area contributed by atoms with Gasteiger partial charge in [0, 0.05) is 109 Å². The maximum absolute atomic E-state index is 6.36. The van der Waals surface area contributed by atoms with E-state index in [1.807, 2.05) is 85.2 Å². The molecule has 0 radical (unpaired) electrons. The van der Waals surface area contributed by atoms with E-state index in [0.29, 0.717) is 0 Å². The molecule has 2 N–H and O–H groups in total. The van der Waals surface area contributed by atoms with Gasteiger partial charge in [-0.25, -0.2) is 24.9 Å². The van der Waals surface area contributed by atoms with Crippen LogP contribution in [0, 0.1) is 83.1 Å². The zero-order valence-electron chi connectivity index (χ0n) is 77.7. The highest BCUT2D eigenvalue weighted by Gasteiger charge is 2.23. The molecule has 0 bridgehead atoms. The number of aryl methyl sites for hydroxylation is 12. The number of benzene rings is 3. The molecule has 0 fully saturated rings. The van der Waals surface area contributed by atoms with E-state index in [4.69, 9.17) is 52.7 Å². The summed E-state index contributed by atoms with van der Waals surface area (Å²) in [6, 6.07) is 40.9. The van der Waals surface area contributed by atoms with Gasteiger partial charge in [-0.15, -0.1) is 68.0 Å². The van der Waals surface area contributed by atoms with Gasteiger partial charge in [0.15, 0.2) is 11.2 Å². The van der Waals surface area contributed by atoms with Crippen LogP contribution in [0.2, 0.25) is 0 Å². The number of aromatic amines is 2. The van der Waals surface area contributed by atoms with E-state index in [9.17, 15) is 0 Å². The molecule has 20 aromatic rings. The Bertz CT molecular complexity index is 6300. The first-order valence-electron chi connectivity index (χ1n) is 46.6. The number of hydrogen-bond donors (Lipinski definition) is 2. The molecule has 0 saturated carbocycles. The van der Waals surface area contributed by atoms with Gasteiger partial charge in [-0.1, -0.05) is 227 Å². The zero-order valence-corrected chi connectivity index (χ0v) is 84.3. The van der Waals surface area contributed by atoms with Gasteiger partial charge in [0.2, 0.25) is 0 Å². The molecule has 672 valence electrons. The highest BCUT2D eigenvalue weighted by molar-refractivity contribution is 7.38. The second kappa shape index (κ2) is 44.3. The number of fused-ring (bicyclic) bond motifs is 22. The largest absolute Gasteiger partial charge is 0.493 e. The number of H-pyrrole nitrogens is 2. The second-order valence-electron chi connectivity index (χ2n) is 34.5. The minimum Gasteiger partial charge on any atom is -0.493 e. The number of unbranched alkanes of at least 4 members (excludes halogenated alkanes) is 20. The number of thiophene rings is 8. The lowest BCUT2D eigenvalue weighted by molar-refractivity contribution is 0.305. The summed E-state index contributed by atoms with van der Waals surface area (Å²) in [5.41, 5.74) is 13.1.